The Labute approximate surface area is 313 Å². The highest BCUT2D eigenvalue weighted by atomic mass is 15.0. The number of hydrogen-bond acceptors (Lipinski definition) is 0. The molecule has 2 nitrogen and oxygen atoms in total. The number of hydrogen-bond donors (Lipinski definition) is 0. The average molecular weight is 687 g/mol. The molecule has 11 rings (SSSR count). The summed E-state index contributed by atoms with van der Waals surface area (Å²) in [6.07, 6.45) is 0. The van der Waals surface area contributed by atoms with E-state index in [0.717, 1.165) is 17.1 Å². The Kier molecular flexibility index (Phi) is 6.90. The zero-order valence-corrected chi connectivity index (χ0v) is 29.5. The van der Waals surface area contributed by atoms with Gasteiger partial charge in [-0.3, -0.25) is 0 Å². The Hall–Kier alpha value is -7.16. The molecule has 252 valence electrons. The van der Waals surface area contributed by atoms with Crippen LogP contribution in [0.15, 0.2) is 206 Å². The van der Waals surface area contributed by atoms with Crippen molar-refractivity contribution in [1.82, 2.24) is 9.13 Å². The summed E-state index contributed by atoms with van der Waals surface area (Å²) in [6, 6.07) is 75.3. The maximum absolute atomic E-state index is 2.50. The van der Waals surface area contributed by atoms with Gasteiger partial charge in [-0.15, -0.1) is 0 Å². The molecule has 0 saturated heterocycles. The van der Waals surface area contributed by atoms with Crippen molar-refractivity contribution in [2.75, 3.05) is 0 Å². The molecule has 0 saturated carbocycles. The molecule has 2 heteroatoms. The molecule has 0 unspecified atom stereocenters. The minimum Gasteiger partial charge on any atom is -0.309 e. The lowest BCUT2D eigenvalue weighted by Gasteiger charge is -2.22. The molecule has 0 aliphatic heterocycles. The van der Waals surface area contributed by atoms with E-state index < -0.39 is 0 Å². The minimum absolute atomic E-state index is 1.12. The van der Waals surface area contributed by atoms with Crippen LogP contribution in [0, 0.1) is 0 Å². The van der Waals surface area contributed by atoms with Crippen molar-refractivity contribution in [3.63, 3.8) is 0 Å². The summed E-state index contributed by atoms with van der Waals surface area (Å²) < 4.78 is 4.94. The van der Waals surface area contributed by atoms with Gasteiger partial charge >= 0.3 is 0 Å². The monoisotopic (exact) mass is 686 g/mol. The summed E-state index contributed by atoms with van der Waals surface area (Å²) in [5.41, 5.74) is 11.9. The van der Waals surface area contributed by atoms with Gasteiger partial charge in [0.2, 0.25) is 0 Å². The number of benzene rings is 9. The summed E-state index contributed by atoms with van der Waals surface area (Å²) >= 11 is 0. The number of aromatic nitrogens is 2. The molecule has 0 aliphatic carbocycles. The van der Waals surface area contributed by atoms with Gasteiger partial charge in [0.15, 0.2) is 0 Å². The third kappa shape index (κ3) is 4.60. The van der Waals surface area contributed by atoms with Gasteiger partial charge in [-0.25, -0.2) is 0 Å². The molecule has 2 heterocycles. The normalized spacial score (nSPS) is 11.7. The van der Waals surface area contributed by atoms with Crippen LogP contribution in [-0.2, 0) is 0 Å². The highest BCUT2D eigenvalue weighted by molar-refractivity contribution is 6.23. The Bertz CT molecular complexity index is 3090. The molecule has 54 heavy (non-hydrogen) atoms. The van der Waals surface area contributed by atoms with E-state index in [0.29, 0.717) is 0 Å². The fraction of sp³-hybridized carbons (Fsp3) is 0. The van der Waals surface area contributed by atoms with E-state index >= 15 is 0 Å². The average Bonchev–Trinajstić information content (AvgIpc) is 3.84. The number of fused-ring (bicyclic) bond motifs is 6. The van der Waals surface area contributed by atoms with Crippen LogP contribution < -0.4 is 0 Å². The molecule has 0 amide bonds. The van der Waals surface area contributed by atoms with Gasteiger partial charge in [-0.05, 0) is 80.2 Å². The van der Waals surface area contributed by atoms with Crippen LogP contribution in [0.1, 0.15) is 0 Å². The van der Waals surface area contributed by atoms with Crippen molar-refractivity contribution in [3.8, 4) is 45.0 Å². The summed E-state index contributed by atoms with van der Waals surface area (Å²) in [7, 11) is 0. The molecule has 11 aromatic rings. The molecule has 0 fully saturated rings. The Morgan fingerprint density at radius 3 is 1.44 bits per heavy atom. The Balaban J connectivity index is 1.32. The molecule has 0 N–H and O–H groups in total. The van der Waals surface area contributed by atoms with Crippen molar-refractivity contribution < 1.29 is 0 Å². The predicted molar refractivity (Wildman–Crippen MR) is 229 cm³/mol. The van der Waals surface area contributed by atoms with Crippen LogP contribution in [0.2, 0.25) is 0 Å². The first-order valence-electron chi connectivity index (χ1n) is 18.6. The lowest BCUT2D eigenvalue weighted by atomic mass is 9.88. The van der Waals surface area contributed by atoms with Gasteiger partial charge in [0.1, 0.15) is 0 Å². The van der Waals surface area contributed by atoms with Gasteiger partial charge in [0.05, 0.1) is 28.1 Å². The Morgan fingerprint density at radius 1 is 0.296 bits per heavy atom. The van der Waals surface area contributed by atoms with Crippen LogP contribution in [-0.4, -0.2) is 9.13 Å². The molecule has 2 aromatic heterocycles. The third-order valence-electron chi connectivity index (χ3n) is 11.1. The summed E-state index contributed by atoms with van der Waals surface area (Å²) in [5, 5.41) is 9.88. The van der Waals surface area contributed by atoms with Crippen molar-refractivity contribution in [1.29, 1.82) is 0 Å². The summed E-state index contributed by atoms with van der Waals surface area (Å²) in [6.45, 7) is 0. The third-order valence-corrected chi connectivity index (χ3v) is 11.1. The molecule has 0 radical (unpaired) electrons. The highest BCUT2D eigenvalue weighted by Gasteiger charge is 2.23. The van der Waals surface area contributed by atoms with Gasteiger partial charge in [0, 0.05) is 27.2 Å². The van der Waals surface area contributed by atoms with E-state index in [1.54, 1.807) is 0 Å². The molecule has 0 atom stereocenters. The SMILES string of the molecule is c1ccc(-c2ccc(-c3ccccc3)n2-c2ccc3c(-n4c5ccccc5c5ccccc54)c4ccccc4c(-c4cccc5ccccc45)c3c2)cc1. The maximum atomic E-state index is 2.50. The molecular formula is C52H34N2. The second kappa shape index (κ2) is 12.2. The topological polar surface area (TPSA) is 9.86 Å². The zero-order valence-electron chi connectivity index (χ0n) is 29.5. The van der Waals surface area contributed by atoms with E-state index in [1.165, 1.54) is 82.1 Å². The van der Waals surface area contributed by atoms with E-state index in [4.69, 9.17) is 0 Å². The van der Waals surface area contributed by atoms with E-state index in [9.17, 15) is 0 Å². The highest BCUT2D eigenvalue weighted by Crippen LogP contribution is 2.46. The minimum atomic E-state index is 1.12. The molecular weight excluding hydrogens is 653 g/mol. The van der Waals surface area contributed by atoms with Crippen molar-refractivity contribution in [2.45, 2.75) is 0 Å². The van der Waals surface area contributed by atoms with Crippen molar-refractivity contribution in [2.24, 2.45) is 0 Å². The van der Waals surface area contributed by atoms with Crippen LogP contribution in [0.25, 0.3) is 99.1 Å². The van der Waals surface area contributed by atoms with Crippen LogP contribution in [0.3, 0.4) is 0 Å². The van der Waals surface area contributed by atoms with Gasteiger partial charge < -0.3 is 9.13 Å². The standard InChI is InChI=1S/C52H34N2/c1-3-17-36(18-4-1)47-32-33-48(37-19-5-2-6-20-37)53(47)38-30-31-45-46(34-38)51(42-27-15-21-35-16-7-8-22-39(35)42)43-25-9-10-26-44(43)52(45)54-49-28-13-11-23-40(49)41-24-12-14-29-50(41)54/h1-34H. The van der Waals surface area contributed by atoms with Gasteiger partial charge in [-0.1, -0.05) is 170 Å². The number of para-hydroxylation sites is 2. The summed E-state index contributed by atoms with van der Waals surface area (Å²) in [4.78, 5) is 0. The smallest absolute Gasteiger partial charge is 0.0619 e. The molecule has 0 spiro atoms. The van der Waals surface area contributed by atoms with E-state index in [1.807, 2.05) is 0 Å². The van der Waals surface area contributed by atoms with E-state index in [-0.39, 0.29) is 0 Å². The quantitative estimate of drug-likeness (QED) is 0.160. The molecule has 9 aromatic carbocycles. The van der Waals surface area contributed by atoms with Gasteiger partial charge in [-0.2, -0.15) is 0 Å². The second-order valence-electron chi connectivity index (χ2n) is 14.1. The predicted octanol–water partition coefficient (Wildman–Crippen LogP) is 14.0. The summed E-state index contributed by atoms with van der Waals surface area (Å²) in [5.74, 6) is 0. The first-order chi connectivity index (χ1) is 26.8. The fourth-order valence-corrected chi connectivity index (χ4v) is 8.80. The second-order valence-corrected chi connectivity index (χ2v) is 14.1. The first-order valence-corrected chi connectivity index (χ1v) is 18.6. The molecule has 0 aliphatic rings. The van der Waals surface area contributed by atoms with Crippen LogP contribution in [0.5, 0.6) is 0 Å². The fourth-order valence-electron chi connectivity index (χ4n) is 8.80. The largest absolute Gasteiger partial charge is 0.309 e. The van der Waals surface area contributed by atoms with Gasteiger partial charge in [0.25, 0.3) is 0 Å². The zero-order chi connectivity index (χ0) is 35.6. The lowest BCUT2D eigenvalue weighted by Crippen LogP contribution is -2.02. The number of rotatable bonds is 5. The first kappa shape index (κ1) is 30.5. The lowest BCUT2D eigenvalue weighted by molar-refractivity contribution is 1.10. The molecule has 0 bridgehead atoms. The van der Waals surface area contributed by atoms with Crippen LogP contribution in [0.4, 0.5) is 0 Å². The van der Waals surface area contributed by atoms with Crippen molar-refractivity contribution in [3.05, 3.63) is 206 Å². The Morgan fingerprint density at radius 2 is 0.796 bits per heavy atom. The van der Waals surface area contributed by atoms with E-state index in [2.05, 4.69) is 215 Å². The number of nitrogens with zero attached hydrogens (tertiary/aromatic N) is 2. The maximum Gasteiger partial charge on any atom is 0.0619 e. The van der Waals surface area contributed by atoms with Crippen LogP contribution >= 0.6 is 0 Å². The van der Waals surface area contributed by atoms with Crippen molar-refractivity contribution >= 4 is 54.1 Å².